The van der Waals surface area contributed by atoms with Gasteiger partial charge in [-0.25, -0.2) is 0 Å². The summed E-state index contributed by atoms with van der Waals surface area (Å²) in [6.45, 7) is 8.98. The molecule has 3 fully saturated rings. The topological polar surface area (TPSA) is 138 Å². The predicted molar refractivity (Wildman–Crippen MR) is 173 cm³/mol. The third kappa shape index (κ3) is 10.0. The fourth-order valence-corrected chi connectivity index (χ4v) is 7.24. The smallest absolute Gasteiger partial charge is 0.187 e. The highest BCUT2D eigenvalue weighted by molar-refractivity contribution is 5.02. The van der Waals surface area contributed by atoms with Crippen molar-refractivity contribution in [2.24, 2.45) is 0 Å². The Labute approximate surface area is 287 Å². The second-order valence-corrected chi connectivity index (χ2v) is 13.0. The van der Waals surface area contributed by atoms with Crippen LogP contribution < -0.4 is 0 Å². The second kappa shape index (κ2) is 20.4. The molecule has 3 saturated heterocycles. The fourth-order valence-electron chi connectivity index (χ4n) is 7.24. The van der Waals surface area contributed by atoms with Crippen LogP contribution in [0.4, 0.5) is 0 Å². The average molecular weight is 701 g/mol. The first-order valence-corrected chi connectivity index (χ1v) is 16.2. The fraction of sp³-hybridized carbons (Fsp3) is 1.00. The molecule has 3 rings (SSSR count). The molecule has 0 aromatic carbocycles. The van der Waals surface area contributed by atoms with Gasteiger partial charge in [-0.3, -0.25) is 0 Å². The molecule has 286 valence electrons. The Morgan fingerprint density at radius 2 is 0.750 bits per heavy atom. The van der Waals surface area contributed by atoms with Gasteiger partial charge in [-0.05, 0) is 27.7 Å². The van der Waals surface area contributed by atoms with E-state index >= 15 is 0 Å². The highest BCUT2D eigenvalue weighted by Crippen LogP contribution is 2.38. The molecule has 0 amide bonds. The van der Waals surface area contributed by atoms with Crippen molar-refractivity contribution in [3.63, 3.8) is 0 Å². The second-order valence-electron chi connectivity index (χ2n) is 13.0. The molecule has 15 nitrogen and oxygen atoms in total. The first kappa shape index (κ1) is 43.6. The molecule has 10 unspecified atom stereocenters. The van der Waals surface area contributed by atoms with Gasteiger partial charge >= 0.3 is 0 Å². The molecule has 0 aromatic rings. The van der Waals surface area contributed by atoms with Crippen molar-refractivity contribution >= 4 is 0 Å². The Morgan fingerprint density at radius 1 is 0.396 bits per heavy atom. The van der Waals surface area contributed by atoms with Gasteiger partial charge < -0.3 is 71.1 Å². The lowest BCUT2D eigenvalue weighted by molar-refractivity contribution is -0.358. The van der Waals surface area contributed by atoms with E-state index in [1.165, 1.54) is 0 Å². The van der Waals surface area contributed by atoms with Crippen molar-refractivity contribution in [3.8, 4) is 0 Å². The van der Waals surface area contributed by atoms with Gasteiger partial charge in [0.25, 0.3) is 0 Å². The van der Waals surface area contributed by atoms with E-state index in [1.54, 1.807) is 78.2 Å². The monoisotopic (exact) mass is 700 g/mol. The summed E-state index contributed by atoms with van der Waals surface area (Å²) in [7, 11) is 17.9. The van der Waals surface area contributed by atoms with Crippen molar-refractivity contribution in [3.05, 3.63) is 0 Å². The van der Waals surface area contributed by atoms with Crippen LogP contribution in [0.1, 0.15) is 27.7 Å². The number of hydrogen-bond acceptors (Lipinski definition) is 15. The molecule has 0 aliphatic carbocycles. The minimum Gasteiger partial charge on any atom is -0.382 e. The Bertz CT molecular complexity index is 878. The maximum absolute atomic E-state index is 6.48. The summed E-state index contributed by atoms with van der Waals surface area (Å²) < 4.78 is 86.1. The summed E-state index contributed by atoms with van der Waals surface area (Å²) >= 11 is 0. The molecule has 3 aliphatic heterocycles. The van der Waals surface area contributed by atoms with Crippen LogP contribution in [-0.4, -0.2) is 189 Å². The Morgan fingerprint density at radius 3 is 1.12 bits per heavy atom. The largest absolute Gasteiger partial charge is 0.382 e. The Hall–Kier alpha value is -0.600. The van der Waals surface area contributed by atoms with Crippen molar-refractivity contribution < 1.29 is 71.1 Å². The molecular formula is C33H64O15. The first-order chi connectivity index (χ1) is 22.8. The minimum absolute atomic E-state index is 0.156. The maximum atomic E-state index is 6.48. The van der Waals surface area contributed by atoms with Gasteiger partial charge in [0.05, 0.1) is 31.0 Å². The SMILES string of the molecule is COCC1OC(C)(C)C(OC)C(OC)[C@@H]1OC1OC(COC)[C@H](OC)C(OC)C1OC.COCC1OC(C)(C)C(OC)C(OC)[C@H]1OC. The van der Waals surface area contributed by atoms with Crippen LogP contribution in [-0.2, 0) is 71.1 Å². The summed E-state index contributed by atoms with van der Waals surface area (Å²) in [5.74, 6) is 0. The van der Waals surface area contributed by atoms with Crippen molar-refractivity contribution in [1.82, 2.24) is 0 Å². The van der Waals surface area contributed by atoms with Crippen LogP contribution >= 0.6 is 0 Å². The molecule has 3 aliphatic rings. The summed E-state index contributed by atoms with van der Waals surface area (Å²) in [5, 5.41) is 0. The van der Waals surface area contributed by atoms with Gasteiger partial charge in [0.1, 0.15) is 73.2 Å². The summed E-state index contributed by atoms with van der Waals surface area (Å²) in [6.07, 6.45) is -5.07. The van der Waals surface area contributed by atoms with Crippen molar-refractivity contribution in [2.75, 3.05) is 98.0 Å². The van der Waals surface area contributed by atoms with E-state index in [-0.39, 0.29) is 30.5 Å². The maximum Gasteiger partial charge on any atom is 0.187 e. The Kier molecular flexibility index (Phi) is 18.6. The van der Waals surface area contributed by atoms with Crippen LogP contribution in [0.15, 0.2) is 0 Å². The van der Waals surface area contributed by atoms with Gasteiger partial charge in [-0.15, -0.1) is 0 Å². The lowest BCUT2D eigenvalue weighted by Crippen LogP contribution is -2.67. The van der Waals surface area contributed by atoms with E-state index in [0.29, 0.717) is 19.8 Å². The van der Waals surface area contributed by atoms with E-state index in [2.05, 4.69) is 0 Å². The van der Waals surface area contributed by atoms with Crippen LogP contribution in [0.25, 0.3) is 0 Å². The lowest BCUT2D eigenvalue weighted by Gasteiger charge is -2.51. The molecule has 0 spiro atoms. The summed E-state index contributed by atoms with van der Waals surface area (Å²) in [5.41, 5.74) is -1.05. The van der Waals surface area contributed by atoms with E-state index in [1.807, 2.05) is 27.7 Å². The molecule has 0 bridgehead atoms. The molecule has 0 saturated carbocycles. The third-order valence-electron chi connectivity index (χ3n) is 9.27. The first-order valence-electron chi connectivity index (χ1n) is 16.2. The Balaban J connectivity index is 0.000000397. The van der Waals surface area contributed by atoms with Crippen molar-refractivity contribution in [1.29, 1.82) is 0 Å². The van der Waals surface area contributed by atoms with Crippen molar-refractivity contribution in [2.45, 2.75) is 118 Å². The molecular weight excluding hydrogens is 636 g/mol. The van der Waals surface area contributed by atoms with Crippen LogP contribution in [0.2, 0.25) is 0 Å². The van der Waals surface area contributed by atoms with E-state index < -0.39 is 60.2 Å². The molecule has 15 heteroatoms. The lowest BCUT2D eigenvalue weighted by atomic mass is 9.86. The van der Waals surface area contributed by atoms with Gasteiger partial charge in [0.2, 0.25) is 0 Å². The zero-order chi connectivity index (χ0) is 36.2. The molecule has 48 heavy (non-hydrogen) atoms. The minimum atomic E-state index is -0.786. The van der Waals surface area contributed by atoms with E-state index in [0.717, 1.165) is 0 Å². The summed E-state index contributed by atoms with van der Waals surface area (Å²) in [6, 6.07) is 0. The van der Waals surface area contributed by atoms with Crippen LogP contribution in [0.3, 0.4) is 0 Å². The third-order valence-corrected chi connectivity index (χ3v) is 9.27. The molecule has 0 radical (unpaired) electrons. The number of hydrogen-bond donors (Lipinski definition) is 0. The van der Waals surface area contributed by atoms with Gasteiger partial charge in [-0.1, -0.05) is 0 Å². The number of ether oxygens (including phenoxy) is 15. The number of methoxy groups -OCH3 is 11. The molecule has 0 aromatic heterocycles. The molecule has 0 N–H and O–H groups in total. The number of rotatable bonds is 16. The zero-order valence-corrected chi connectivity index (χ0v) is 31.8. The van der Waals surface area contributed by atoms with E-state index in [9.17, 15) is 0 Å². The van der Waals surface area contributed by atoms with Crippen LogP contribution in [0, 0.1) is 0 Å². The van der Waals surface area contributed by atoms with Gasteiger partial charge in [0, 0.05) is 78.2 Å². The highest BCUT2D eigenvalue weighted by atomic mass is 16.7. The van der Waals surface area contributed by atoms with E-state index in [4.69, 9.17) is 71.1 Å². The zero-order valence-electron chi connectivity index (χ0n) is 31.8. The molecule has 3 heterocycles. The van der Waals surface area contributed by atoms with Gasteiger partial charge in [0.15, 0.2) is 6.29 Å². The quantitative estimate of drug-likeness (QED) is 0.230. The van der Waals surface area contributed by atoms with Gasteiger partial charge in [-0.2, -0.15) is 0 Å². The standard InChI is InChI=1S/C21H40O10.C12H24O5/c1-21(2)19(28-9)17(26-7)15(13(31-21)11-23-4)30-20-18(27-8)16(25-6)14(24-5)12(29-20)10-22-3;1-12(2)11(16-6)10(15-5)9(14-4)8(17-12)7-13-3/h12-20H,10-11H2,1-9H3;8-11H,7H2,1-6H3/t12?,13?,14-,15+,16?,17?,18?,19?,20?;8?,9-,10?,11?/m00/s1. The molecule has 13 atom stereocenters. The predicted octanol–water partition coefficient (Wildman–Crippen LogP) is 1.50. The van der Waals surface area contributed by atoms with Crippen LogP contribution in [0.5, 0.6) is 0 Å². The normalized spacial score (nSPS) is 39.4. The summed E-state index contributed by atoms with van der Waals surface area (Å²) in [4.78, 5) is 0. The average Bonchev–Trinajstić information content (AvgIpc) is 3.04. The highest BCUT2D eigenvalue weighted by Gasteiger charge is 2.55.